The molecule has 0 bridgehead atoms. The molecule has 28 heavy (non-hydrogen) atoms. The van der Waals surface area contributed by atoms with E-state index in [4.69, 9.17) is 9.47 Å². The van der Waals surface area contributed by atoms with Crippen molar-refractivity contribution in [3.63, 3.8) is 0 Å². The molecule has 1 saturated heterocycles. The predicted octanol–water partition coefficient (Wildman–Crippen LogP) is 3.95. The number of rotatable bonds is 4. The van der Waals surface area contributed by atoms with Crippen LogP contribution in [0.3, 0.4) is 0 Å². The van der Waals surface area contributed by atoms with Gasteiger partial charge in [-0.2, -0.15) is 0 Å². The third-order valence-electron chi connectivity index (χ3n) is 4.59. The van der Waals surface area contributed by atoms with E-state index in [2.05, 4.69) is 4.98 Å². The molecule has 142 valence electrons. The Morgan fingerprint density at radius 1 is 1.14 bits per heavy atom. The minimum absolute atomic E-state index is 0.369. The molecule has 7 nitrogen and oxygen atoms in total. The Hall–Kier alpha value is -3.61. The zero-order chi connectivity index (χ0) is 19.5. The lowest BCUT2D eigenvalue weighted by molar-refractivity contribution is 0.119. The fourth-order valence-corrected chi connectivity index (χ4v) is 3.23. The van der Waals surface area contributed by atoms with Crippen molar-refractivity contribution in [1.82, 2.24) is 14.5 Å². The number of nitrogens with zero attached hydrogens (tertiary/aromatic N) is 3. The average Bonchev–Trinajstić information content (AvgIpc) is 3.32. The summed E-state index contributed by atoms with van der Waals surface area (Å²) in [6.45, 7) is 2.31. The van der Waals surface area contributed by atoms with E-state index in [1.165, 1.54) is 0 Å². The van der Waals surface area contributed by atoms with Crippen LogP contribution in [0.4, 0.5) is 9.59 Å². The van der Waals surface area contributed by atoms with Crippen molar-refractivity contribution in [3.05, 3.63) is 84.4 Å². The van der Waals surface area contributed by atoms with Crippen LogP contribution in [0.15, 0.2) is 73.3 Å². The number of hydrogen-bond donors (Lipinski definition) is 0. The van der Waals surface area contributed by atoms with Crippen LogP contribution in [0, 0.1) is 6.92 Å². The van der Waals surface area contributed by atoms with Gasteiger partial charge in [-0.25, -0.2) is 19.5 Å². The van der Waals surface area contributed by atoms with Gasteiger partial charge in [-0.05, 0) is 24.6 Å². The molecule has 2 aromatic carbocycles. The number of benzene rings is 2. The zero-order valence-electron chi connectivity index (χ0n) is 15.3. The number of cyclic esters (lactones) is 1. The van der Waals surface area contributed by atoms with Crippen LogP contribution < -0.4 is 4.74 Å². The first-order valence-electron chi connectivity index (χ1n) is 8.91. The summed E-state index contributed by atoms with van der Waals surface area (Å²) in [6, 6.07) is 15.8. The summed E-state index contributed by atoms with van der Waals surface area (Å²) in [5, 5.41) is 0. The van der Waals surface area contributed by atoms with E-state index in [0.29, 0.717) is 12.3 Å². The number of carbonyl (C=O) groups excluding carboxylic acids is 2. The van der Waals surface area contributed by atoms with E-state index in [-0.39, 0.29) is 0 Å². The van der Waals surface area contributed by atoms with Gasteiger partial charge in [0.25, 0.3) is 0 Å². The van der Waals surface area contributed by atoms with Crippen molar-refractivity contribution in [1.29, 1.82) is 0 Å². The summed E-state index contributed by atoms with van der Waals surface area (Å²) >= 11 is 0. The molecule has 7 heteroatoms. The third-order valence-corrected chi connectivity index (χ3v) is 4.59. The largest absolute Gasteiger partial charge is 0.441 e. The first kappa shape index (κ1) is 17.8. The zero-order valence-corrected chi connectivity index (χ0v) is 15.3. The second-order valence-corrected chi connectivity index (χ2v) is 6.59. The monoisotopic (exact) mass is 377 g/mol. The number of aromatic nitrogens is 2. The maximum absolute atomic E-state index is 12.8. The van der Waals surface area contributed by atoms with Gasteiger partial charge in [-0.15, -0.1) is 0 Å². The first-order valence-corrected chi connectivity index (χ1v) is 8.91. The number of imide groups is 1. The Balaban J connectivity index is 1.62. The molecule has 3 aromatic rings. The summed E-state index contributed by atoms with van der Waals surface area (Å²) in [4.78, 5) is 30.4. The van der Waals surface area contributed by atoms with Gasteiger partial charge in [-0.3, -0.25) is 0 Å². The van der Waals surface area contributed by atoms with Gasteiger partial charge in [0, 0.05) is 12.4 Å². The summed E-state index contributed by atoms with van der Waals surface area (Å²) in [7, 11) is 0. The molecular weight excluding hydrogens is 358 g/mol. The van der Waals surface area contributed by atoms with Crippen LogP contribution in [0.1, 0.15) is 17.2 Å². The van der Waals surface area contributed by atoms with E-state index >= 15 is 0 Å². The Bertz CT molecular complexity index is 955. The third kappa shape index (κ3) is 3.59. The van der Waals surface area contributed by atoms with E-state index in [0.717, 1.165) is 16.0 Å². The highest BCUT2D eigenvalue weighted by Crippen LogP contribution is 2.35. The molecule has 0 N–H and O–H groups in total. The SMILES string of the molecule is Cc1ccc(OC(=O)N2C(=O)OC(Cn3ccnc3)C2c2ccccc2)cc1. The molecule has 2 atom stereocenters. The van der Waals surface area contributed by atoms with Crippen molar-refractivity contribution in [2.45, 2.75) is 25.6 Å². The summed E-state index contributed by atoms with van der Waals surface area (Å²) in [5.41, 5.74) is 1.84. The van der Waals surface area contributed by atoms with Gasteiger partial charge >= 0.3 is 12.2 Å². The smallest absolute Gasteiger partial charge is 0.425 e. The minimum atomic E-state index is -0.768. The van der Waals surface area contributed by atoms with Crippen molar-refractivity contribution in [2.75, 3.05) is 0 Å². The minimum Gasteiger partial charge on any atom is -0.441 e. The second kappa shape index (κ2) is 7.56. The fraction of sp³-hybridized carbons (Fsp3) is 0.190. The van der Waals surface area contributed by atoms with E-state index in [1.54, 1.807) is 30.9 Å². The molecule has 0 saturated carbocycles. The fourth-order valence-electron chi connectivity index (χ4n) is 3.23. The Kier molecular flexibility index (Phi) is 4.80. The number of aryl methyl sites for hydroxylation is 1. The number of ether oxygens (including phenoxy) is 2. The van der Waals surface area contributed by atoms with Gasteiger partial charge in [0.05, 0.1) is 12.9 Å². The van der Waals surface area contributed by atoms with Gasteiger partial charge < -0.3 is 14.0 Å². The molecule has 0 radical (unpaired) electrons. The Labute approximate surface area is 162 Å². The number of carbonyl (C=O) groups is 2. The molecule has 1 aliphatic rings. The number of amides is 2. The Morgan fingerprint density at radius 3 is 2.57 bits per heavy atom. The summed E-state index contributed by atoms with van der Waals surface area (Å²) in [6.07, 6.45) is 3.02. The van der Waals surface area contributed by atoms with E-state index in [1.807, 2.05) is 54.0 Å². The molecule has 2 unspecified atom stereocenters. The normalized spacial score (nSPS) is 18.8. The van der Waals surface area contributed by atoms with Crippen molar-refractivity contribution < 1.29 is 19.1 Å². The van der Waals surface area contributed by atoms with Crippen LogP contribution in [-0.2, 0) is 11.3 Å². The molecule has 1 aliphatic heterocycles. The summed E-state index contributed by atoms with van der Waals surface area (Å²) in [5.74, 6) is 0.369. The second-order valence-electron chi connectivity index (χ2n) is 6.59. The molecule has 0 aliphatic carbocycles. The van der Waals surface area contributed by atoms with Crippen LogP contribution >= 0.6 is 0 Å². The maximum atomic E-state index is 12.8. The molecule has 0 spiro atoms. The lowest BCUT2D eigenvalue weighted by atomic mass is 10.0. The molecular formula is C21H19N3O4. The lowest BCUT2D eigenvalue weighted by Gasteiger charge is -2.23. The number of hydrogen-bond acceptors (Lipinski definition) is 5. The topological polar surface area (TPSA) is 73.7 Å². The highest BCUT2D eigenvalue weighted by Gasteiger charge is 2.47. The van der Waals surface area contributed by atoms with Crippen LogP contribution in [0.5, 0.6) is 5.75 Å². The van der Waals surface area contributed by atoms with Crippen LogP contribution in [0.25, 0.3) is 0 Å². The molecule has 1 fully saturated rings. The van der Waals surface area contributed by atoms with Crippen molar-refractivity contribution >= 4 is 12.2 Å². The molecule has 4 rings (SSSR count). The maximum Gasteiger partial charge on any atom is 0.425 e. The van der Waals surface area contributed by atoms with E-state index in [9.17, 15) is 9.59 Å². The van der Waals surface area contributed by atoms with E-state index < -0.39 is 24.3 Å². The average molecular weight is 377 g/mol. The highest BCUT2D eigenvalue weighted by atomic mass is 16.6. The van der Waals surface area contributed by atoms with Gasteiger partial charge in [-0.1, -0.05) is 48.0 Å². The summed E-state index contributed by atoms with van der Waals surface area (Å²) < 4.78 is 12.8. The Morgan fingerprint density at radius 2 is 1.89 bits per heavy atom. The van der Waals surface area contributed by atoms with Crippen molar-refractivity contribution in [2.24, 2.45) is 0 Å². The van der Waals surface area contributed by atoms with Crippen LogP contribution in [0.2, 0.25) is 0 Å². The molecule has 2 amide bonds. The quantitative estimate of drug-likeness (QED) is 0.688. The van der Waals surface area contributed by atoms with Gasteiger partial charge in [0.2, 0.25) is 0 Å². The highest BCUT2D eigenvalue weighted by molar-refractivity contribution is 5.91. The van der Waals surface area contributed by atoms with Crippen molar-refractivity contribution in [3.8, 4) is 5.75 Å². The number of imidazole rings is 1. The van der Waals surface area contributed by atoms with Gasteiger partial charge in [0.1, 0.15) is 17.9 Å². The van der Waals surface area contributed by atoms with Crippen LogP contribution in [-0.4, -0.2) is 32.7 Å². The lowest BCUT2D eigenvalue weighted by Crippen LogP contribution is -2.38. The molecule has 2 heterocycles. The predicted molar refractivity (Wildman–Crippen MR) is 101 cm³/mol. The first-order chi connectivity index (χ1) is 13.6. The standard InChI is InChI=1S/C21H19N3O4/c1-15-7-9-17(10-8-15)27-20(25)24-19(16-5-3-2-4-6-16)18(28-21(24)26)13-23-12-11-22-14-23/h2-12,14,18-19H,13H2,1H3. The molecule has 1 aromatic heterocycles. The van der Waals surface area contributed by atoms with Gasteiger partial charge in [0.15, 0.2) is 0 Å².